The molecule has 1 aliphatic rings. The minimum atomic E-state index is 0.321. The molecule has 0 saturated heterocycles. The van der Waals surface area contributed by atoms with E-state index in [-0.39, 0.29) is 0 Å². The summed E-state index contributed by atoms with van der Waals surface area (Å²) in [4.78, 5) is 8.78. The molecule has 0 bridgehead atoms. The second-order valence-corrected chi connectivity index (χ2v) is 5.44. The molecule has 5 heteroatoms. The smallest absolute Gasteiger partial charge is 0.125 e. The van der Waals surface area contributed by atoms with Crippen molar-refractivity contribution in [3.63, 3.8) is 0 Å². The molecule has 0 aromatic carbocycles. The van der Waals surface area contributed by atoms with E-state index in [4.69, 9.17) is 5.73 Å². The van der Waals surface area contributed by atoms with Crippen molar-refractivity contribution < 1.29 is 0 Å². The first-order valence-electron chi connectivity index (χ1n) is 4.82. The maximum atomic E-state index is 5.56. The highest BCUT2D eigenvalue weighted by atomic mass is 32.2. The second-order valence-electron chi connectivity index (χ2n) is 3.21. The molecule has 3 nitrogen and oxygen atoms in total. The van der Waals surface area contributed by atoms with Gasteiger partial charge in [0.1, 0.15) is 4.38 Å². The Morgan fingerprint density at radius 2 is 2.47 bits per heavy atom. The molecule has 0 radical (unpaired) electrons. The summed E-state index contributed by atoms with van der Waals surface area (Å²) in [5, 5.41) is 0. The highest BCUT2D eigenvalue weighted by Crippen LogP contribution is 2.27. The van der Waals surface area contributed by atoms with E-state index in [1.165, 1.54) is 0 Å². The van der Waals surface area contributed by atoms with E-state index in [0.717, 1.165) is 21.6 Å². The Morgan fingerprint density at radius 3 is 3.13 bits per heavy atom. The Kier molecular flexibility index (Phi) is 4.05. The van der Waals surface area contributed by atoms with Crippen LogP contribution in [0.15, 0.2) is 29.4 Å². The lowest BCUT2D eigenvalue weighted by Crippen LogP contribution is -2.17. The van der Waals surface area contributed by atoms with Gasteiger partial charge in [-0.25, -0.2) is 0 Å². The molecule has 2 heterocycles. The largest absolute Gasteiger partial charge is 0.328 e. The lowest BCUT2D eigenvalue weighted by molar-refractivity contribution is 0.778. The Morgan fingerprint density at radius 1 is 1.53 bits per heavy atom. The third-order valence-electron chi connectivity index (χ3n) is 2.03. The normalized spacial score (nSPS) is 20.3. The third-order valence-corrected chi connectivity index (χ3v) is 4.43. The third kappa shape index (κ3) is 3.22. The van der Waals surface area contributed by atoms with Gasteiger partial charge in [-0.3, -0.25) is 9.98 Å². The summed E-state index contributed by atoms with van der Waals surface area (Å²) < 4.78 is 1.15. The highest BCUT2D eigenvalue weighted by molar-refractivity contribution is 8.38. The van der Waals surface area contributed by atoms with Crippen LogP contribution in [0.2, 0.25) is 0 Å². The zero-order valence-corrected chi connectivity index (χ0v) is 9.93. The Balaban J connectivity index is 1.84. The average Bonchev–Trinajstić information content (AvgIpc) is 2.76. The van der Waals surface area contributed by atoms with Gasteiger partial charge in [0, 0.05) is 24.2 Å². The van der Waals surface area contributed by atoms with Crippen molar-refractivity contribution in [3.8, 4) is 0 Å². The standard InChI is InChI=1S/C10H13N3S2/c11-5-9-7-15-10(13-9)14-6-8-3-1-2-4-12-8/h1-4,9H,5-7,11H2/t9-/m1/s1. The molecule has 1 aliphatic heterocycles. The molecule has 0 unspecified atom stereocenters. The predicted molar refractivity (Wildman–Crippen MR) is 68.3 cm³/mol. The van der Waals surface area contributed by atoms with Crippen molar-refractivity contribution >= 4 is 27.9 Å². The van der Waals surface area contributed by atoms with Crippen LogP contribution >= 0.6 is 23.5 Å². The Labute approximate surface area is 98.0 Å². The van der Waals surface area contributed by atoms with Gasteiger partial charge in [-0.05, 0) is 12.1 Å². The molecular weight excluding hydrogens is 226 g/mol. The number of aromatic nitrogens is 1. The van der Waals surface area contributed by atoms with Gasteiger partial charge in [0.05, 0.1) is 11.7 Å². The van der Waals surface area contributed by atoms with Crippen LogP contribution in [0.4, 0.5) is 0 Å². The van der Waals surface area contributed by atoms with Crippen molar-refractivity contribution in [1.82, 2.24) is 4.98 Å². The van der Waals surface area contributed by atoms with Crippen molar-refractivity contribution in [2.75, 3.05) is 12.3 Å². The molecular formula is C10H13N3S2. The van der Waals surface area contributed by atoms with Gasteiger partial charge < -0.3 is 5.73 Å². The molecule has 80 valence electrons. The lowest BCUT2D eigenvalue weighted by Gasteiger charge is -1.98. The van der Waals surface area contributed by atoms with Crippen LogP contribution in [-0.4, -0.2) is 27.7 Å². The monoisotopic (exact) mass is 239 g/mol. The van der Waals surface area contributed by atoms with Gasteiger partial charge in [0.25, 0.3) is 0 Å². The second kappa shape index (κ2) is 5.53. The van der Waals surface area contributed by atoms with Crippen LogP contribution < -0.4 is 5.73 Å². The first kappa shape index (κ1) is 11.0. The number of hydrogen-bond donors (Lipinski definition) is 1. The van der Waals surface area contributed by atoms with Crippen molar-refractivity contribution in [1.29, 1.82) is 0 Å². The van der Waals surface area contributed by atoms with E-state index in [1.807, 2.05) is 24.4 Å². The van der Waals surface area contributed by atoms with Crippen molar-refractivity contribution in [2.24, 2.45) is 10.7 Å². The quantitative estimate of drug-likeness (QED) is 0.873. The van der Waals surface area contributed by atoms with E-state index < -0.39 is 0 Å². The Bertz CT molecular complexity index is 340. The zero-order chi connectivity index (χ0) is 10.5. The number of hydrogen-bond acceptors (Lipinski definition) is 5. The number of thioether (sulfide) groups is 2. The number of pyridine rings is 1. The van der Waals surface area contributed by atoms with Crippen LogP contribution in [0.1, 0.15) is 5.69 Å². The zero-order valence-electron chi connectivity index (χ0n) is 8.30. The predicted octanol–water partition coefficient (Wildman–Crippen LogP) is 1.74. The SMILES string of the molecule is NC[C@@H]1CSC(SCc2ccccn2)=N1. The molecule has 0 fully saturated rings. The fourth-order valence-corrected chi connectivity index (χ4v) is 3.36. The molecule has 0 saturated carbocycles. The number of aliphatic imine (C=N–C) groups is 1. The summed E-state index contributed by atoms with van der Waals surface area (Å²) in [5.41, 5.74) is 6.66. The summed E-state index contributed by atoms with van der Waals surface area (Å²) in [6.45, 7) is 0.653. The van der Waals surface area contributed by atoms with Crippen LogP contribution in [0.3, 0.4) is 0 Å². The van der Waals surface area contributed by atoms with Gasteiger partial charge >= 0.3 is 0 Å². The molecule has 1 aromatic heterocycles. The first-order valence-corrected chi connectivity index (χ1v) is 6.79. The van der Waals surface area contributed by atoms with Gasteiger partial charge in [-0.2, -0.15) is 0 Å². The summed E-state index contributed by atoms with van der Waals surface area (Å²) in [6, 6.07) is 6.30. The van der Waals surface area contributed by atoms with E-state index >= 15 is 0 Å². The topological polar surface area (TPSA) is 51.3 Å². The van der Waals surface area contributed by atoms with Crippen LogP contribution in [0, 0.1) is 0 Å². The number of nitrogens with two attached hydrogens (primary N) is 1. The molecule has 2 N–H and O–H groups in total. The summed E-state index contributed by atoms with van der Waals surface area (Å²) in [5.74, 6) is 1.92. The van der Waals surface area contributed by atoms with Gasteiger partial charge in [-0.15, -0.1) is 0 Å². The van der Waals surface area contributed by atoms with Crippen molar-refractivity contribution in [2.45, 2.75) is 11.8 Å². The summed E-state index contributed by atoms with van der Waals surface area (Å²) >= 11 is 3.55. The molecule has 1 atom stereocenters. The number of nitrogens with zero attached hydrogens (tertiary/aromatic N) is 2. The van der Waals surface area contributed by atoms with Crippen LogP contribution in [0.25, 0.3) is 0 Å². The molecule has 0 aliphatic carbocycles. The molecule has 0 amide bonds. The maximum absolute atomic E-state index is 5.56. The van der Waals surface area contributed by atoms with Gasteiger partial charge in [0.15, 0.2) is 0 Å². The van der Waals surface area contributed by atoms with Crippen LogP contribution in [0.5, 0.6) is 0 Å². The Hall–Kier alpha value is -0.520. The minimum Gasteiger partial charge on any atom is -0.328 e. The van der Waals surface area contributed by atoms with Gasteiger partial charge in [-0.1, -0.05) is 29.6 Å². The fourth-order valence-electron chi connectivity index (χ4n) is 1.21. The van der Waals surface area contributed by atoms with E-state index in [1.54, 1.807) is 23.5 Å². The van der Waals surface area contributed by atoms with E-state index in [2.05, 4.69) is 9.98 Å². The average molecular weight is 239 g/mol. The van der Waals surface area contributed by atoms with E-state index in [9.17, 15) is 0 Å². The summed E-state index contributed by atoms with van der Waals surface area (Å²) in [7, 11) is 0. The maximum Gasteiger partial charge on any atom is 0.125 e. The van der Waals surface area contributed by atoms with Crippen LogP contribution in [-0.2, 0) is 5.75 Å². The van der Waals surface area contributed by atoms with E-state index in [0.29, 0.717) is 12.6 Å². The number of rotatable bonds is 3. The lowest BCUT2D eigenvalue weighted by atomic mass is 10.4. The molecule has 15 heavy (non-hydrogen) atoms. The van der Waals surface area contributed by atoms with Gasteiger partial charge in [0.2, 0.25) is 0 Å². The molecule has 1 aromatic rings. The summed E-state index contributed by atoms with van der Waals surface area (Å²) in [6.07, 6.45) is 1.82. The highest BCUT2D eigenvalue weighted by Gasteiger charge is 2.16. The fraction of sp³-hybridized carbons (Fsp3) is 0.400. The minimum absolute atomic E-state index is 0.321. The first-order chi connectivity index (χ1) is 7.38. The molecule has 0 spiro atoms. The van der Waals surface area contributed by atoms with Crippen molar-refractivity contribution in [3.05, 3.63) is 30.1 Å². The molecule has 2 rings (SSSR count).